The summed E-state index contributed by atoms with van der Waals surface area (Å²) < 4.78 is 0. The molecule has 3 N–H and O–H groups in total. The molecule has 0 aliphatic heterocycles. The van der Waals surface area contributed by atoms with E-state index in [4.69, 9.17) is 0 Å². The number of amides is 3. The quantitative estimate of drug-likeness (QED) is 0.118. The Morgan fingerprint density at radius 3 is 2.29 bits per heavy atom. The van der Waals surface area contributed by atoms with Gasteiger partial charge in [-0.1, -0.05) is 60.7 Å². The summed E-state index contributed by atoms with van der Waals surface area (Å²) in [6, 6.07) is 29.2. The lowest BCUT2D eigenvalue weighted by atomic mass is 10.1. The van der Waals surface area contributed by atoms with Crippen LogP contribution < -0.4 is 16.0 Å². The standard InChI is InChI=1S/C31H24N4O3S3/c36-28(22-11-5-2-6-12-22)34-26(20-24-15-8-17-39-24)29(37)33-23-13-7-14-25(19-23)41-27(21-9-3-1-4-10-21)30(38)35-31-32-16-18-40-31/h1-20,27H,(H,33,37)(H,34,36)(H,32,35,38)/b26-20-. The second-order valence-corrected chi connectivity index (χ2v) is 11.7. The van der Waals surface area contributed by atoms with Gasteiger partial charge in [0.25, 0.3) is 11.8 Å². The molecule has 5 rings (SSSR count). The van der Waals surface area contributed by atoms with Crippen LogP contribution in [0.1, 0.15) is 26.0 Å². The summed E-state index contributed by atoms with van der Waals surface area (Å²) in [5, 5.41) is 12.2. The Labute approximate surface area is 249 Å². The number of carbonyl (C=O) groups is 3. The Morgan fingerprint density at radius 2 is 1.59 bits per heavy atom. The Bertz CT molecular complexity index is 1640. The number of aromatic nitrogens is 1. The normalized spacial score (nSPS) is 11.9. The van der Waals surface area contributed by atoms with Crippen molar-refractivity contribution in [2.75, 3.05) is 10.6 Å². The fourth-order valence-electron chi connectivity index (χ4n) is 3.80. The van der Waals surface area contributed by atoms with Crippen LogP contribution >= 0.6 is 34.4 Å². The molecule has 0 aliphatic carbocycles. The molecule has 1 atom stereocenters. The van der Waals surface area contributed by atoms with Crippen molar-refractivity contribution in [1.82, 2.24) is 10.3 Å². The number of nitrogens with one attached hydrogen (secondary N) is 3. The maximum atomic E-state index is 13.4. The van der Waals surface area contributed by atoms with Crippen molar-refractivity contribution in [3.63, 3.8) is 0 Å². The first kappa shape index (κ1) is 28.0. The van der Waals surface area contributed by atoms with Gasteiger partial charge in [0.1, 0.15) is 10.9 Å². The zero-order valence-electron chi connectivity index (χ0n) is 21.5. The molecule has 7 nitrogen and oxygen atoms in total. The van der Waals surface area contributed by atoms with Gasteiger partial charge in [-0.15, -0.1) is 34.4 Å². The number of carbonyl (C=O) groups excluding carboxylic acids is 3. The highest BCUT2D eigenvalue weighted by Crippen LogP contribution is 2.37. The third-order valence-electron chi connectivity index (χ3n) is 5.71. The van der Waals surface area contributed by atoms with Crippen LogP contribution in [0.3, 0.4) is 0 Å². The highest BCUT2D eigenvalue weighted by Gasteiger charge is 2.23. The number of thioether (sulfide) groups is 1. The predicted molar refractivity (Wildman–Crippen MR) is 167 cm³/mol. The van der Waals surface area contributed by atoms with Crippen molar-refractivity contribution in [3.05, 3.63) is 136 Å². The molecule has 5 aromatic rings. The van der Waals surface area contributed by atoms with Crippen molar-refractivity contribution < 1.29 is 14.4 Å². The third kappa shape index (κ3) is 7.79. The average Bonchev–Trinajstić information content (AvgIpc) is 3.71. The topological polar surface area (TPSA) is 100 Å². The van der Waals surface area contributed by atoms with Crippen molar-refractivity contribution in [3.8, 4) is 0 Å². The van der Waals surface area contributed by atoms with Crippen molar-refractivity contribution >= 4 is 69.1 Å². The SMILES string of the molecule is O=C(Nc1cccc(SC(C(=O)Nc2nccs2)c2ccccc2)c1)/C(=C/c1cccs1)NC(=O)c1ccccc1. The van der Waals surface area contributed by atoms with Crippen LogP contribution in [0, 0.1) is 0 Å². The summed E-state index contributed by atoms with van der Waals surface area (Å²) >= 11 is 4.17. The fraction of sp³-hybridized carbons (Fsp3) is 0.0323. The van der Waals surface area contributed by atoms with Gasteiger partial charge in [0.05, 0.1) is 0 Å². The molecule has 0 fully saturated rings. The average molecular weight is 597 g/mol. The molecule has 2 aromatic heterocycles. The minimum atomic E-state index is -0.550. The highest BCUT2D eigenvalue weighted by molar-refractivity contribution is 8.00. The fourth-order valence-corrected chi connectivity index (χ4v) is 6.07. The van der Waals surface area contributed by atoms with Crippen LogP contribution in [0.5, 0.6) is 0 Å². The lowest BCUT2D eigenvalue weighted by molar-refractivity contribution is -0.116. The van der Waals surface area contributed by atoms with Gasteiger partial charge in [0.2, 0.25) is 5.91 Å². The van der Waals surface area contributed by atoms with Crippen LogP contribution in [0.4, 0.5) is 10.8 Å². The van der Waals surface area contributed by atoms with Crippen LogP contribution in [0.15, 0.2) is 125 Å². The van der Waals surface area contributed by atoms with Crippen LogP contribution in [-0.4, -0.2) is 22.7 Å². The summed E-state index contributed by atoms with van der Waals surface area (Å²) in [4.78, 5) is 45.3. The summed E-state index contributed by atoms with van der Waals surface area (Å²) in [5.74, 6) is -1.05. The van der Waals surface area contributed by atoms with Gasteiger partial charge in [-0.25, -0.2) is 4.98 Å². The van der Waals surface area contributed by atoms with E-state index in [9.17, 15) is 14.4 Å². The van der Waals surface area contributed by atoms with Gasteiger partial charge in [0.15, 0.2) is 5.13 Å². The molecule has 0 spiro atoms. The Morgan fingerprint density at radius 1 is 0.805 bits per heavy atom. The van der Waals surface area contributed by atoms with Crippen LogP contribution in [0.25, 0.3) is 6.08 Å². The second kappa shape index (κ2) is 13.7. The number of hydrogen-bond acceptors (Lipinski definition) is 7. The molecule has 0 aliphatic rings. The molecular weight excluding hydrogens is 573 g/mol. The largest absolute Gasteiger partial charge is 0.321 e. The molecule has 2 heterocycles. The first-order valence-corrected chi connectivity index (χ1v) is 15.1. The molecule has 204 valence electrons. The van der Waals surface area contributed by atoms with Gasteiger partial charge >= 0.3 is 0 Å². The van der Waals surface area contributed by atoms with Crippen molar-refractivity contribution in [2.45, 2.75) is 10.1 Å². The van der Waals surface area contributed by atoms with E-state index in [1.165, 1.54) is 34.4 Å². The number of nitrogens with zero attached hydrogens (tertiary/aromatic N) is 1. The van der Waals surface area contributed by atoms with Crippen molar-refractivity contribution in [2.24, 2.45) is 0 Å². The smallest absolute Gasteiger partial charge is 0.272 e. The first-order valence-electron chi connectivity index (χ1n) is 12.5. The highest BCUT2D eigenvalue weighted by atomic mass is 32.2. The lowest BCUT2D eigenvalue weighted by Gasteiger charge is -2.17. The Balaban J connectivity index is 1.35. The molecule has 0 radical (unpaired) electrons. The molecular formula is C31H24N4O3S3. The first-order chi connectivity index (χ1) is 20.0. The molecule has 0 saturated carbocycles. The maximum absolute atomic E-state index is 13.4. The minimum Gasteiger partial charge on any atom is -0.321 e. The summed E-state index contributed by atoms with van der Waals surface area (Å²) in [7, 11) is 0. The van der Waals surface area contributed by atoms with E-state index in [1.807, 2.05) is 66.0 Å². The number of hydrogen-bond donors (Lipinski definition) is 3. The van der Waals surface area contributed by atoms with E-state index in [2.05, 4.69) is 20.9 Å². The van der Waals surface area contributed by atoms with Crippen LogP contribution in [0.2, 0.25) is 0 Å². The number of rotatable bonds is 10. The minimum absolute atomic E-state index is 0.115. The molecule has 3 amide bonds. The summed E-state index contributed by atoms with van der Waals surface area (Å²) in [5.41, 5.74) is 1.92. The van der Waals surface area contributed by atoms with Gasteiger partial charge in [-0.2, -0.15) is 0 Å². The predicted octanol–water partition coefficient (Wildman–Crippen LogP) is 7.09. The number of thiophene rings is 1. The van der Waals surface area contributed by atoms with E-state index < -0.39 is 11.2 Å². The summed E-state index contributed by atoms with van der Waals surface area (Å²) in [6.45, 7) is 0. The van der Waals surface area contributed by atoms with Gasteiger partial charge < -0.3 is 16.0 Å². The molecule has 10 heteroatoms. The van der Waals surface area contributed by atoms with E-state index in [0.29, 0.717) is 16.4 Å². The monoisotopic (exact) mass is 596 g/mol. The molecule has 0 saturated heterocycles. The molecule has 0 bridgehead atoms. The lowest BCUT2D eigenvalue weighted by Crippen LogP contribution is -2.30. The van der Waals surface area contributed by atoms with E-state index in [1.54, 1.807) is 54.1 Å². The molecule has 1 unspecified atom stereocenters. The second-order valence-electron chi connectivity index (χ2n) is 8.61. The number of benzene rings is 3. The van der Waals surface area contributed by atoms with E-state index >= 15 is 0 Å². The zero-order chi connectivity index (χ0) is 28.4. The number of thiazole rings is 1. The van der Waals surface area contributed by atoms with Gasteiger partial charge in [0, 0.05) is 32.6 Å². The van der Waals surface area contributed by atoms with Crippen molar-refractivity contribution in [1.29, 1.82) is 0 Å². The van der Waals surface area contributed by atoms with Crippen LogP contribution in [-0.2, 0) is 9.59 Å². The zero-order valence-corrected chi connectivity index (χ0v) is 24.0. The Hall–Kier alpha value is -4.51. The van der Waals surface area contributed by atoms with Gasteiger partial charge in [-0.05, 0) is 53.4 Å². The molecule has 41 heavy (non-hydrogen) atoms. The third-order valence-corrected chi connectivity index (χ3v) is 8.46. The number of anilines is 2. The van der Waals surface area contributed by atoms with E-state index in [0.717, 1.165) is 15.3 Å². The molecule has 3 aromatic carbocycles. The van der Waals surface area contributed by atoms with Gasteiger partial charge in [-0.3, -0.25) is 14.4 Å². The Kier molecular flexibility index (Phi) is 9.37. The summed E-state index contributed by atoms with van der Waals surface area (Å²) in [6.07, 6.45) is 3.29. The maximum Gasteiger partial charge on any atom is 0.272 e. The van der Waals surface area contributed by atoms with E-state index in [-0.39, 0.29) is 17.5 Å².